The maximum atomic E-state index is 6.41. The van der Waals surface area contributed by atoms with Gasteiger partial charge in [0, 0.05) is 53.3 Å². The highest BCUT2D eigenvalue weighted by Crippen LogP contribution is 2.44. The van der Waals surface area contributed by atoms with Gasteiger partial charge in [0.05, 0.1) is 24.9 Å². The molecule has 0 unspecified atom stereocenters. The number of rotatable bonds is 7. The molecule has 0 bridgehead atoms. The second-order valence-corrected chi connectivity index (χ2v) is 10.6. The Bertz CT molecular complexity index is 777. The van der Waals surface area contributed by atoms with Crippen molar-refractivity contribution in [3.8, 4) is 0 Å². The summed E-state index contributed by atoms with van der Waals surface area (Å²) in [7, 11) is 4.17. The number of likely N-dealkylation sites (tertiary alicyclic amines) is 1. The minimum absolute atomic E-state index is 0.0262. The molecule has 2 aromatic heterocycles. The Labute approximate surface area is 177 Å². The van der Waals surface area contributed by atoms with Crippen LogP contribution < -0.4 is 0 Å². The van der Waals surface area contributed by atoms with E-state index in [1.54, 1.807) is 4.88 Å². The van der Waals surface area contributed by atoms with Crippen LogP contribution in [0.2, 0.25) is 0 Å². The third-order valence-corrected chi connectivity index (χ3v) is 8.05. The number of aryl methyl sites for hydroxylation is 2. The van der Waals surface area contributed by atoms with Gasteiger partial charge in [-0.15, -0.1) is 11.3 Å². The number of nitrogens with zero attached hydrogens (tertiary/aromatic N) is 4. The van der Waals surface area contributed by atoms with E-state index in [4.69, 9.17) is 4.74 Å². The normalized spacial score (nSPS) is 19.4. The van der Waals surface area contributed by atoms with Gasteiger partial charge in [-0.3, -0.25) is 13.9 Å². The maximum absolute atomic E-state index is 6.41. The quantitative estimate of drug-likeness (QED) is 0.637. The van der Waals surface area contributed by atoms with Crippen molar-refractivity contribution in [2.24, 2.45) is 0 Å². The summed E-state index contributed by atoms with van der Waals surface area (Å²) in [5.74, 6) is 1.06. The van der Waals surface area contributed by atoms with Crippen LogP contribution in [0.4, 0.5) is 0 Å². The van der Waals surface area contributed by atoms with Crippen LogP contribution in [0, 0.1) is 0 Å². The Hall–Kier alpha value is -0.860. The summed E-state index contributed by atoms with van der Waals surface area (Å²) in [5, 5.41) is 4.54. The molecule has 1 fully saturated rings. The second kappa shape index (κ2) is 8.88. The lowest BCUT2D eigenvalue weighted by molar-refractivity contribution is -0.0981. The molecule has 0 aromatic carbocycles. The fourth-order valence-corrected chi connectivity index (χ4v) is 6.13. The van der Waals surface area contributed by atoms with Crippen molar-refractivity contribution in [3.63, 3.8) is 0 Å². The lowest BCUT2D eigenvalue weighted by atomic mass is 9.82. The van der Waals surface area contributed by atoms with Gasteiger partial charge >= 0.3 is 0 Å². The van der Waals surface area contributed by atoms with E-state index in [0.717, 1.165) is 64.2 Å². The van der Waals surface area contributed by atoms with Crippen molar-refractivity contribution in [1.29, 1.82) is 0 Å². The smallest absolute Gasteiger partial charge is 0.0966 e. The van der Waals surface area contributed by atoms with Crippen molar-refractivity contribution in [3.05, 3.63) is 39.3 Å². The highest BCUT2D eigenvalue weighted by Gasteiger charge is 2.41. The van der Waals surface area contributed by atoms with Crippen LogP contribution in [0.1, 0.15) is 40.6 Å². The first-order valence-corrected chi connectivity index (χ1v) is 12.1. The predicted molar refractivity (Wildman–Crippen MR) is 118 cm³/mol. The zero-order chi connectivity index (χ0) is 19.6. The largest absolute Gasteiger partial charge is 0.370 e. The molecule has 0 amide bonds. The monoisotopic (exact) mass is 420 g/mol. The number of piperidine rings is 1. The Balaban J connectivity index is 1.33. The van der Waals surface area contributed by atoms with Gasteiger partial charge in [-0.2, -0.15) is 5.10 Å². The summed E-state index contributed by atoms with van der Waals surface area (Å²) in [6.45, 7) is 7.28. The third-order valence-electron chi connectivity index (χ3n) is 5.83. The molecule has 2 aromatic rings. The summed E-state index contributed by atoms with van der Waals surface area (Å²) in [4.78, 5) is 5.65. The molecule has 154 valence electrons. The van der Waals surface area contributed by atoms with E-state index >= 15 is 0 Å². The maximum Gasteiger partial charge on any atom is 0.0966 e. The van der Waals surface area contributed by atoms with E-state index in [1.807, 2.05) is 29.5 Å². The molecule has 2 aliphatic rings. The van der Waals surface area contributed by atoms with Crippen LogP contribution in [0.5, 0.6) is 0 Å². The van der Waals surface area contributed by atoms with Crippen LogP contribution in [-0.4, -0.2) is 58.5 Å². The molecule has 28 heavy (non-hydrogen) atoms. The van der Waals surface area contributed by atoms with Crippen LogP contribution in [0.3, 0.4) is 0 Å². The topological polar surface area (TPSA) is 33.5 Å². The first kappa shape index (κ1) is 20.4. The van der Waals surface area contributed by atoms with Gasteiger partial charge in [0.15, 0.2) is 0 Å². The Morgan fingerprint density at radius 3 is 2.89 bits per heavy atom. The van der Waals surface area contributed by atoms with E-state index in [-0.39, 0.29) is 5.60 Å². The Morgan fingerprint density at radius 2 is 2.14 bits per heavy atom. The molecule has 1 saturated heterocycles. The van der Waals surface area contributed by atoms with E-state index in [2.05, 4.69) is 52.3 Å². The van der Waals surface area contributed by atoms with Crippen LogP contribution in [0.15, 0.2) is 18.5 Å². The van der Waals surface area contributed by atoms with Crippen molar-refractivity contribution >= 4 is 23.3 Å². The summed E-state index contributed by atoms with van der Waals surface area (Å²) in [6.07, 6.45) is 8.68. The number of fused-ring (bicyclic) bond motifs is 2. The molecule has 4 rings (SSSR count). The fourth-order valence-electron chi connectivity index (χ4n) is 4.32. The molecule has 0 aliphatic carbocycles. The molecule has 4 heterocycles. The van der Waals surface area contributed by atoms with Crippen molar-refractivity contribution in [2.75, 3.05) is 39.5 Å². The van der Waals surface area contributed by atoms with Crippen molar-refractivity contribution in [1.82, 2.24) is 19.0 Å². The van der Waals surface area contributed by atoms with Gasteiger partial charge in [-0.25, -0.2) is 0 Å². The second-order valence-electron chi connectivity index (χ2n) is 8.03. The van der Waals surface area contributed by atoms with Gasteiger partial charge in [0.1, 0.15) is 0 Å². The van der Waals surface area contributed by atoms with Gasteiger partial charge in [0.2, 0.25) is 0 Å². The Morgan fingerprint density at radius 1 is 1.32 bits per heavy atom. The molecule has 0 radical (unpaired) electrons. The van der Waals surface area contributed by atoms with E-state index in [0.29, 0.717) is 0 Å². The van der Waals surface area contributed by atoms with Gasteiger partial charge in [-0.1, -0.05) is 18.9 Å². The number of hydrogen-bond acceptors (Lipinski definition) is 6. The molecular weight excluding hydrogens is 388 g/mol. The van der Waals surface area contributed by atoms with Crippen LogP contribution >= 0.6 is 23.3 Å². The average Bonchev–Trinajstić information content (AvgIpc) is 3.31. The van der Waals surface area contributed by atoms with Crippen LogP contribution in [0.25, 0.3) is 0 Å². The van der Waals surface area contributed by atoms with E-state index in [1.165, 1.54) is 16.0 Å². The summed E-state index contributed by atoms with van der Waals surface area (Å²) < 4.78 is 10.6. The van der Waals surface area contributed by atoms with Gasteiger partial charge < -0.3 is 4.74 Å². The molecule has 7 heteroatoms. The first-order chi connectivity index (χ1) is 13.6. The molecular formula is C21H32N4OS2. The minimum Gasteiger partial charge on any atom is -0.370 e. The van der Waals surface area contributed by atoms with E-state index in [9.17, 15) is 0 Å². The van der Waals surface area contributed by atoms with E-state index < -0.39 is 0 Å². The Kier molecular flexibility index (Phi) is 6.47. The standard InChI is InChI=1S/C21H32N4OS2/c1-4-18-13-19-20(28-18)5-11-26-21(19)6-8-24(9-7-21)15-17-14-22-25(16-17)10-12-27-23(2)3/h13-14,16H,4-12,15H2,1-3H3. The fraction of sp³-hybridized carbons (Fsp3) is 0.667. The molecule has 1 spiro atoms. The molecule has 5 nitrogen and oxygen atoms in total. The summed E-state index contributed by atoms with van der Waals surface area (Å²) >= 11 is 3.84. The lowest BCUT2D eigenvalue weighted by Gasteiger charge is -2.44. The minimum atomic E-state index is -0.0262. The molecule has 0 atom stereocenters. The van der Waals surface area contributed by atoms with Crippen molar-refractivity contribution in [2.45, 2.75) is 51.3 Å². The molecule has 0 saturated carbocycles. The first-order valence-electron chi connectivity index (χ1n) is 10.4. The number of aromatic nitrogens is 2. The number of ether oxygens (including phenoxy) is 1. The zero-order valence-corrected chi connectivity index (χ0v) is 18.9. The van der Waals surface area contributed by atoms with Gasteiger partial charge in [-0.05, 0) is 45.0 Å². The summed E-state index contributed by atoms with van der Waals surface area (Å²) in [6, 6.07) is 2.44. The molecule has 0 N–H and O–H groups in total. The van der Waals surface area contributed by atoms with Gasteiger partial charge in [0.25, 0.3) is 0 Å². The lowest BCUT2D eigenvalue weighted by Crippen LogP contribution is -2.45. The highest BCUT2D eigenvalue weighted by molar-refractivity contribution is 7.96. The van der Waals surface area contributed by atoms with Crippen LogP contribution in [-0.2, 0) is 36.3 Å². The average molecular weight is 421 g/mol. The highest BCUT2D eigenvalue weighted by atomic mass is 32.2. The SMILES string of the molecule is CCc1cc2c(s1)CCOC21CCN(Cc2cnn(CCSN(C)C)c2)CC1. The molecule has 2 aliphatic heterocycles. The summed E-state index contributed by atoms with van der Waals surface area (Å²) in [5.41, 5.74) is 2.80. The zero-order valence-electron chi connectivity index (χ0n) is 17.3. The number of thiophene rings is 1. The van der Waals surface area contributed by atoms with Crippen molar-refractivity contribution < 1.29 is 4.74 Å². The third kappa shape index (κ3) is 4.49. The predicted octanol–water partition coefficient (Wildman–Crippen LogP) is 3.78. The number of hydrogen-bond donors (Lipinski definition) is 0.